The highest BCUT2D eigenvalue weighted by atomic mass is 31.2. The van der Waals surface area contributed by atoms with Crippen LogP contribution in [0, 0.1) is 10.1 Å². The lowest BCUT2D eigenvalue weighted by molar-refractivity contribution is -0.384. The normalized spacial score (nSPS) is 11.3. The summed E-state index contributed by atoms with van der Waals surface area (Å²) in [4.78, 5) is 21.8. The van der Waals surface area contributed by atoms with Crippen molar-refractivity contribution in [3.63, 3.8) is 0 Å². The molecule has 0 fully saturated rings. The third-order valence-electron chi connectivity index (χ3n) is 2.45. The maximum absolute atomic E-state index is 11.8. The van der Waals surface area contributed by atoms with E-state index < -0.39 is 12.5 Å². The second-order valence-corrected chi connectivity index (χ2v) is 6.04. The van der Waals surface area contributed by atoms with Crippen LogP contribution in [0.25, 0.3) is 0 Å². The molecule has 0 aliphatic heterocycles. The first kappa shape index (κ1) is 15.5. The van der Waals surface area contributed by atoms with Gasteiger partial charge < -0.3 is 9.05 Å². The molecule has 0 unspecified atom stereocenters. The van der Waals surface area contributed by atoms with E-state index in [0.29, 0.717) is 5.56 Å². The molecule has 0 N–H and O–H groups in total. The summed E-state index contributed by atoms with van der Waals surface area (Å²) in [5, 5.41) is 10.6. The molecule has 19 heavy (non-hydrogen) atoms. The summed E-state index contributed by atoms with van der Waals surface area (Å²) in [5.41, 5.74) is 0.393. The van der Waals surface area contributed by atoms with Gasteiger partial charge in [0.1, 0.15) is 11.9 Å². The second-order valence-electron chi connectivity index (χ2n) is 3.78. The summed E-state index contributed by atoms with van der Waals surface area (Å²) in [6.45, 7) is 0. The number of nitro groups is 1. The van der Waals surface area contributed by atoms with E-state index in [9.17, 15) is 19.5 Å². The van der Waals surface area contributed by atoms with Gasteiger partial charge in [-0.15, -0.1) is 0 Å². The minimum absolute atomic E-state index is 0.0572. The van der Waals surface area contributed by atoms with Crippen LogP contribution in [-0.4, -0.2) is 31.1 Å². The highest BCUT2D eigenvalue weighted by Crippen LogP contribution is 2.46. The maximum atomic E-state index is 11.8. The zero-order valence-electron chi connectivity index (χ0n) is 10.6. The average molecular weight is 287 g/mol. The minimum Gasteiger partial charge on any atom is -0.312 e. The molecular formula is C11H14NO6P. The van der Waals surface area contributed by atoms with Crippen molar-refractivity contribution in [1.82, 2.24) is 0 Å². The predicted molar refractivity (Wildman–Crippen MR) is 68.3 cm³/mol. The van der Waals surface area contributed by atoms with Gasteiger partial charge in [-0.25, -0.2) is 0 Å². The van der Waals surface area contributed by atoms with Crippen LogP contribution in [0.2, 0.25) is 0 Å². The topological polar surface area (TPSA) is 95.7 Å². The van der Waals surface area contributed by atoms with E-state index >= 15 is 0 Å². The summed E-state index contributed by atoms with van der Waals surface area (Å²) in [6.07, 6.45) is -0.416. The van der Waals surface area contributed by atoms with Crippen molar-refractivity contribution in [3.05, 3.63) is 39.9 Å². The third kappa shape index (κ3) is 4.55. The number of nitro benzene ring substituents is 1. The number of benzene rings is 1. The van der Waals surface area contributed by atoms with Gasteiger partial charge in [-0.05, 0) is 5.56 Å². The Balaban J connectivity index is 2.75. The van der Waals surface area contributed by atoms with E-state index in [0.717, 1.165) is 0 Å². The Bertz CT molecular complexity index is 522. The van der Waals surface area contributed by atoms with Crippen LogP contribution in [0.3, 0.4) is 0 Å². The first-order valence-electron chi connectivity index (χ1n) is 5.36. The Morgan fingerprint density at radius 2 is 2.00 bits per heavy atom. The van der Waals surface area contributed by atoms with E-state index in [1.165, 1.54) is 32.4 Å². The molecule has 0 spiro atoms. The molecule has 1 aromatic carbocycles. The first-order chi connectivity index (χ1) is 8.90. The van der Waals surface area contributed by atoms with Gasteiger partial charge in [0.2, 0.25) is 0 Å². The highest BCUT2D eigenvalue weighted by Gasteiger charge is 2.25. The number of ketones is 1. The molecule has 0 aliphatic rings. The summed E-state index contributed by atoms with van der Waals surface area (Å²) in [6, 6.07) is 5.73. The highest BCUT2D eigenvalue weighted by molar-refractivity contribution is 7.54. The third-order valence-corrected chi connectivity index (χ3v) is 4.30. The van der Waals surface area contributed by atoms with Gasteiger partial charge in [0.15, 0.2) is 0 Å². The zero-order chi connectivity index (χ0) is 14.5. The van der Waals surface area contributed by atoms with Crippen molar-refractivity contribution in [2.45, 2.75) is 6.42 Å². The molecule has 0 aromatic heterocycles. The molecule has 0 radical (unpaired) electrons. The molecule has 0 saturated carbocycles. The first-order valence-corrected chi connectivity index (χ1v) is 7.08. The smallest absolute Gasteiger partial charge is 0.312 e. The molecule has 7 nitrogen and oxygen atoms in total. The molecule has 1 rings (SSSR count). The molecular weight excluding hydrogens is 273 g/mol. The number of carbonyl (C=O) groups is 1. The largest absolute Gasteiger partial charge is 0.337 e. The number of nitrogens with zero attached hydrogens (tertiary/aromatic N) is 1. The van der Waals surface area contributed by atoms with Crippen LogP contribution in [0.15, 0.2) is 24.3 Å². The molecule has 0 heterocycles. The van der Waals surface area contributed by atoms with Crippen molar-refractivity contribution >= 4 is 19.1 Å². The van der Waals surface area contributed by atoms with E-state index in [-0.39, 0.29) is 24.1 Å². The summed E-state index contributed by atoms with van der Waals surface area (Å²) in [5.74, 6) is -0.368. The lowest BCUT2D eigenvalue weighted by atomic mass is 10.1. The van der Waals surface area contributed by atoms with Crippen molar-refractivity contribution in [3.8, 4) is 0 Å². The van der Waals surface area contributed by atoms with E-state index in [4.69, 9.17) is 0 Å². The van der Waals surface area contributed by atoms with E-state index in [1.807, 2.05) is 0 Å². The van der Waals surface area contributed by atoms with Gasteiger partial charge in [0.25, 0.3) is 5.69 Å². The van der Waals surface area contributed by atoms with Crippen molar-refractivity contribution in [2.75, 3.05) is 20.4 Å². The van der Waals surface area contributed by atoms with Gasteiger partial charge in [-0.3, -0.25) is 19.5 Å². The van der Waals surface area contributed by atoms with Crippen LogP contribution in [-0.2, 0) is 24.8 Å². The molecule has 0 aliphatic carbocycles. The zero-order valence-corrected chi connectivity index (χ0v) is 11.5. The summed E-state index contributed by atoms with van der Waals surface area (Å²) >= 11 is 0. The molecule has 0 atom stereocenters. The van der Waals surface area contributed by atoms with Gasteiger partial charge in [-0.1, -0.05) is 12.1 Å². The number of rotatable bonds is 7. The number of hydrogen-bond donors (Lipinski definition) is 0. The SMILES string of the molecule is COP(=O)(CC(=O)Cc1cccc([N+](=O)[O-])c1)OC. The lowest BCUT2D eigenvalue weighted by Gasteiger charge is -2.12. The lowest BCUT2D eigenvalue weighted by Crippen LogP contribution is -2.10. The summed E-state index contributed by atoms with van der Waals surface area (Å²) in [7, 11) is -0.990. The molecule has 1 aromatic rings. The fraction of sp³-hybridized carbons (Fsp3) is 0.364. The molecule has 0 amide bonds. The van der Waals surface area contributed by atoms with Gasteiger partial charge >= 0.3 is 7.60 Å². The van der Waals surface area contributed by atoms with Crippen LogP contribution in [0.1, 0.15) is 5.56 Å². The monoisotopic (exact) mass is 287 g/mol. The quantitative estimate of drug-likeness (QED) is 0.433. The predicted octanol–water partition coefficient (Wildman–Crippen LogP) is 2.19. The van der Waals surface area contributed by atoms with Gasteiger partial charge in [-0.2, -0.15) is 0 Å². The fourth-order valence-corrected chi connectivity index (χ4v) is 2.43. The maximum Gasteiger partial charge on any atom is 0.337 e. The van der Waals surface area contributed by atoms with Crippen LogP contribution in [0.5, 0.6) is 0 Å². The van der Waals surface area contributed by atoms with Gasteiger partial charge in [0.05, 0.1) is 4.92 Å². The molecule has 8 heteroatoms. The Labute approximate surface area is 110 Å². The van der Waals surface area contributed by atoms with E-state index in [1.54, 1.807) is 6.07 Å². The average Bonchev–Trinajstić information content (AvgIpc) is 2.38. The number of Topliss-reactive ketones (excluding diaryl/α,β-unsaturated/α-hetero) is 1. The summed E-state index contributed by atoms with van der Waals surface area (Å²) < 4.78 is 21.1. The Hall–Kier alpha value is -1.56. The molecule has 104 valence electrons. The van der Waals surface area contributed by atoms with Crippen LogP contribution < -0.4 is 0 Å². The number of non-ortho nitro benzene ring substituents is 1. The van der Waals surface area contributed by atoms with Crippen LogP contribution in [0.4, 0.5) is 5.69 Å². The fourth-order valence-electron chi connectivity index (χ4n) is 1.48. The Morgan fingerprint density at radius 3 is 2.53 bits per heavy atom. The number of carbonyl (C=O) groups excluding carboxylic acids is 1. The van der Waals surface area contributed by atoms with E-state index in [2.05, 4.69) is 9.05 Å². The van der Waals surface area contributed by atoms with Crippen LogP contribution >= 0.6 is 7.60 Å². The van der Waals surface area contributed by atoms with Crippen molar-refractivity contribution < 1.29 is 23.3 Å². The molecule has 0 bridgehead atoms. The number of hydrogen-bond acceptors (Lipinski definition) is 6. The Kier molecular flexibility index (Phi) is 5.35. The standard InChI is InChI=1S/C11H14NO6P/c1-17-19(16,18-2)8-11(13)7-9-4-3-5-10(6-9)12(14)15/h3-6H,7-8H2,1-2H3. The minimum atomic E-state index is -3.39. The van der Waals surface area contributed by atoms with Gasteiger partial charge in [0, 0.05) is 32.8 Å². The second kappa shape index (κ2) is 6.56. The molecule has 0 saturated heterocycles. The van der Waals surface area contributed by atoms with Crippen molar-refractivity contribution in [2.24, 2.45) is 0 Å². The Morgan fingerprint density at radius 1 is 1.37 bits per heavy atom. The van der Waals surface area contributed by atoms with Crippen molar-refractivity contribution in [1.29, 1.82) is 0 Å².